The summed E-state index contributed by atoms with van der Waals surface area (Å²) in [6.07, 6.45) is -3.09. The van der Waals surface area contributed by atoms with Crippen molar-refractivity contribution >= 4 is 11.9 Å². The van der Waals surface area contributed by atoms with Crippen LogP contribution in [0.15, 0.2) is 71.7 Å². The molecule has 3 rings (SSSR count). The zero-order valence-corrected chi connectivity index (χ0v) is 16.8. The van der Waals surface area contributed by atoms with Gasteiger partial charge in [-0.2, -0.15) is 13.2 Å². The predicted octanol–water partition coefficient (Wildman–Crippen LogP) is 3.23. The molecule has 0 atom stereocenters. The molecule has 0 spiro atoms. The van der Waals surface area contributed by atoms with Gasteiger partial charge >= 0.3 is 12.1 Å². The Bertz CT molecular complexity index is 1210. The van der Waals surface area contributed by atoms with E-state index in [0.29, 0.717) is 6.07 Å². The molecule has 0 radical (unpaired) electrons. The van der Waals surface area contributed by atoms with Gasteiger partial charge in [0, 0.05) is 11.8 Å². The lowest BCUT2D eigenvalue weighted by molar-refractivity contribution is -0.137. The highest BCUT2D eigenvalue weighted by Crippen LogP contribution is 2.29. The summed E-state index contributed by atoms with van der Waals surface area (Å²) in [5.41, 5.74) is 3.50. The van der Waals surface area contributed by atoms with E-state index in [-0.39, 0.29) is 17.7 Å². The maximum atomic E-state index is 12.8. The number of amides is 1. The number of nitrogens with zero attached hydrogens (tertiary/aromatic N) is 1. The van der Waals surface area contributed by atoms with E-state index < -0.39 is 29.2 Å². The van der Waals surface area contributed by atoms with E-state index in [1.165, 1.54) is 22.9 Å². The zero-order chi connectivity index (χ0) is 23.3. The number of aryl methyl sites for hydroxylation is 1. The molecule has 0 bridgehead atoms. The molecule has 32 heavy (non-hydrogen) atoms. The van der Waals surface area contributed by atoms with E-state index in [1.807, 2.05) is 42.2 Å². The number of hydrazine groups is 1. The van der Waals surface area contributed by atoms with Gasteiger partial charge in [-0.3, -0.25) is 15.0 Å². The lowest BCUT2D eigenvalue weighted by atomic mass is 10.1. The first-order chi connectivity index (χ1) is 15.1. The van der Waals surface area contributed by atoms with E-state index in [9.17, 15) is 27.6 Å². The molecule has 0 saturated carbocycles. The number of hydrogen-bond acceptors (Lipinski definition) is 5. The standard InChI is InChI=1S/C22H18F3N3O4/c1-14-5-2-6-15(11-14)13-28-10-4-9-18(20(28)30)21(31)32-27-26-19(29)16-7-3-8-17(12-16)22(23,24)25/h2-12,27H,13H2,1H3,(H,26,29). The van der Waals surface area contributed by atoms with Gasteiger partial charge in [-0.15, -0.1) is 0 Å². The van der Waals surface area contributed by atoms with Crippen LogP contribution in [0.25, 0.3) is 0 Å². The highest BCUT2D eigenvalue weighted by Gasteiger charge is 2.30. The fourth-order valence-electron chi connectivity index (χ4n) is 2.91. The van der Waals surface area contributed by atoms with Crippen LogP contribution < -0.4 is 16.6 Å². The number of pyridine rings is 1. The van der Waals surface area contributed by atoms with Crippen LogP contribution in [0.2, 0.25) is 0 Å². The molecule has 1 amide bonds. The Labute approximate surface area is 180 Å². The second kappa shape index (κ2) is 9.48. The minimum atomic E-state index is -4.61. The molecule has 0 aliphatic carbocycles. The summed E-state index contributed by atoms with van der Waals surface area (Å²) in [7, 11) is 0. The molecule has 1 heterocycles. The molecule has 0 saturated heterocycles. The van der Waals surface area contributed by atoms with Crippen molar-refractivity contribution in [3.8, 4) is 0 Å². The maximum Gasteiger partial charge on any atom is 0.416 e. The summed E-state index contributed by atoms with van der Waals surface area (Å²) < 4.78 is 39.6. The first-order valence-corrected chi connectivity index (χ1v) is 9.34. The molecule has 2 N–H and O–H groups in total. The summed E-state index contributed by atoms with van der Waals surface area (Å²) in [6.45, 7) is 2.15. The molecule has 10 heteroatoms. The molecule has 0 aliphatic heterocycles. The van der Waals surface area contributed by atoms with Crippen LogP contribution in [0.1, 0.15) is 37.4 Å². The van der Waals surface area contributed by atoms with Crippen LogP contribution in [0.5, 0.6) is 0 Å². The Morgan fingerprint density at radius 1 is 1.03 bits per heavy atom. The van der Waals surface area contributed by atoms with Gasteiger partial charge in [0.15, 0.2) is 0 Å². The van der Waals surface area contributed by atoms with Crippen molar-refractivity contribution in [1.82, 2.24) is 15.6 Å². The van der Waals surface area contributed by atoms with Gasteiger partial charge in [0.25, 0.3) is 11.5 Å². The fraction of sp³-hybridized carbons (Fsp3) is 0.136. The van der Waals surface area contributed by atoms with Gasteiger partial charge in [0.1, 0.15) is 5.56 Å². The molecule has 0 aliphatic rings. The monoisotopic (exact) mass is 445 g/mol. The minimum absolute atomic E-state index is 0.237. The average Bonchev–Trinajstić information content (AvgIpc) is 2.74. The number of hydrogen-bond donors (Lipinski definition) is 2. The van der Waals surface area contributed by atoms with Crippen LogP contribution in [0.4, 0.5) is 13.2 Å². The number of aromatic nitrogens is 1. The highest BCUT2D eigenvalue weighted by molar-refractivity contribution is 5.94. The normalized spacial score (nSPS) is 11.1. The van der Waals surface area contributed by atoms with Crippen molar-refractivity contribution in [2.24, 2.45) is 0 Å². The number of carbonyl (C=O) groups excluding carboxylic acids is 2. The molecular formula is C22H18F3N3O4. The summed E-state index contributed by atoms with van der Waals surface area (Å²) in [4.78, 5) is 41.5. The van der Waals surface area contributed by atoms with E-state index in [0.717, 1.165) is 29.3 Å². The van der Waals surface area contributed by atoms with Crippen LogP contribution in [0.3, 0.4) is 0 Å². The summed E-state index contributed by atoms with van der Waals surface area (Å²) >= 11 is 0. The largest absolute Gasteiger partial charge is 0.416 e. The molecule has 1 aromatic heterocycles. The van der Waals surface area contributed by atoms with Crippen molar-refractivity contribution in [2.45, 2.75) is 19.6 Å². The number of benzene rings is 2. The van der Waals surface area contributed by atoms with E-state index in [1.54, 1.807) is 0 Å². The molecular weight excluding hydrogens is 427 g/mol. The predicted molar refractivity (Wildman–Crippen MR) is 108 cm³/mol. The number of rotatable bonds is 6. The third-order valence-corrected chi connectivity index (χ3v) is 4.44. The lowest BCUT2D eigenvalue weighted by Crippen LogP contribution is -2.40. The van der Waals surface area contributed by atoms with Crippen molar-refractivity contribution in [2.75, 3.05) is 0 Å². The second-order valence-corrected chi connectivity index (χ2v) is 6.87. The average molecular weight is 445 g/mol. The Kier molecular flexibility index (Phi) is 6.74. The summed E-state index contributed by atoms with van der Waals surface area (Å²) in [6, 6.07) is 14.0. The van der Waals surface area contributed by atoms with Crippen LogP contribution in [0, 0.1) is 6.92 Å². The highest BCUT2D eigenvalue weighted by atomic mass is 19.4. The number of nitrogens with one attached hydrogen (secondary N) is 2. The van der Waals surface area contributed by atoms with Gasteiger partial charge in [0.2, 0.25) is 0 Å². The number of halogens is 3. The Balaban J connectivity index is 1.63. The van der Waals surface area contributed by atoms with Crippen molar-refractivity contribution in [3.63, 3.8) is 0 Å². The molecule has 2 aromatic carbocycles. The summed E-state index contributed by atoms with van der Waals surface area (Å²) in [5.74, 6) is -2.04. The lowest BCUT2D eigenvalue weighted by Gasteiger charge is -2.11. The van der Waals surface area contributed by atoms with Crippen molar-refractivity contribution < 1.29 is 27.6 Å². The Morgan fingerprint density at radius 2 is 1.78 bits per heavy atom. The van der Waals surface area contributed by atoms with E-state index in [4.69, 9.17) is 0 Å². The zero-order valence-electron chi connectivity index (χ0n) is 16.8. The van der Waals surface area contributed by atoms with Crippen molar-refractivity contribution in [1.29, 1.82) is 0 Å². The fourth-order valence-corrected chi connectivity index (χ4v) is 2.91. The van der Waals surface area contributed by atoms with Gasteiger partial charge in [0.05, 0.1) is 12.1 Å². The first-order valence-electron chi connectivity index (χ1n) is 9.34. The second-order valence-electron chi connectivity index (χ2n) is 6.87. The van der Waals surface area contributed by atoms with Crippen LogP contribution in [-0.2, 0) is 17.6 Å². The molecule has 166 valence electrons. The summed E-state index contributed by atoms with van der Waals surface area (Å²) in [5, 5.41) is 0. The molecule has 7 nitrogen and oxygen atoms in total. The SMILES string of the molecule is Cc1cccc(Cn2cccc(C(=O)ONNC(=O)c3cccc(C(F)(F)F)c3)c2=O)c1. The number of carbonyl (C=O) groups is 2. The van der Waals surface area contributed by atoms with Crippen LogP contribution >= 0.6 is 0 Å². The minimum Gasteiger partial charge on any atom is -0.346 e. The van der Waals surface area contributed by atoms with Gasteiger partial charge in [-0.25, -0.2) is 4.79 Å². The molecule has 0 unspecified atom stereocenters. The third kappa shape index (κ3) is 5.61. The molecule has 3 aromatic rings. The van der Waals surface area contributed by atoms with Gasteiger partial charge < -0.3 is 9.40 Å². The van der Waals surface area contributed by atoms with Gasteiger partial charge in [-0.05, 0) is 42.8 Å². The number of alkyl halides is 3. The third-order valence-electron chi connectivity index (χ3n) is 4.44. The van der Waals surface area contributed by atoms with E-state index in [2.05, 4.69) is 4.84 Å². The quantitative estimate of drug-likeness (QED) is 0.569. The van der Waals surface area contributed by atoms with Crippen molar-refractivity contribution in [3.05, 3.63) is 105 Å². The maximum absolute atomic E-state index is 12.8. The molecule has 0 fully saturated rings. The van der Waals surface area contributed by atoms with Crippen LogP contribution in [-0.4, -0.2) is 16.4 Å². The first kappa shape index (κ1) is 22.8. The Hall–Kier alpha value is -3.92. The smallest absolute Gasteiger partial charge is 0.346 e. The Morgan fingerprint density at radius 3 is 2.50 bits per heavy atom. The van der Waals surface area contributed by atoms with E-state index >= 15 is 0 Å². The van der Waals surface area contributed by atoms with Gasteiger partial charge in [-0.1, -0.05) is 41.5 Å². The topological polar surface area (TPSA) is 89.4 Å².